The maximum absolute atomic E-state index is 12.1. The third-order valence-electron chi connectivity index (χ3n) is 3.08. The fourth-order valence-corrected chi connectivity index (χ4v) is 2.44. The number of amides is 2. The molecule has 2 N–H and O–H groups in total. The molecule has 5 nitrogen and oxygen atoms in total. The van der Waals surface area contributed by atoms with E-state index < -0.39 is 0 Å². The van der Waals surface area contributed by atoms with Crippen LogP contribution < -0.4 is 20.1 Å². The molecule has 0 radical (unpaired) electrons. The smallest absolute Gasteiger partial charge is 0.323 e. The lowest BCUT2D eigenvalue weighted by Gasteiger charge is -2.12. The van der Waals surface area contributed by atoms with Crippen LogP contribution in [0.4, 0.5) is 16.2 Å². The second-order valence-corrected chi connectivity index (χ2v) is 5.52. The Bertz CT molecular complexity index is 689. The third-order valence-corrected chi connectivity index (χ3v) is 3.57. The van der Waals surface area contributed by atoms with Crippen LogP contribution in [0.1, 0.15) is 5.56 Å². The van der Waals surface area contributed by atoms with Crippen molar-refractivity contribution in [2.75, 3.05) is 24.9 Å². The first-order chi connectivity index (χ1) is 10.5. The molecule has 0 aliphatic carbocycles. The van der Waals surface area contributed by atoms with Crippen molar-refractivity contribution in [1.82, 2.24) is 0 Å². The van der Waals surface area contributed by atoms with Crippen LogP contribution in [0.15, 0.2) is 40.9 Å². The average Bonchev–Trinajstić information content (AvgIpc) is 2.50. The molecule has 0 saturated carbocycles. The first kappa shape index (κ1) is 16.2. The van der Waals surface area contributed by atoms with Gasteiger partial charge in [-0.3, -0.25) is 0 Å². The number of nitrogens with one attached hydrogen (secondary N) is 2. The van der Waals surface area contributed by atoms with Crippen molar-refractivity contribution >= 4 is 33.3 Å². The fourth-order valence-electron chi connectivity index (χ4n) is 1.97. The number of hydrogen-bond donors (Lipinski definition) is 2. The van der Waals surface area contributed by atoms with Crippen molar-refractivity contribution in [3.8, 4) is 11.5 Å². The Morgan fingerprint density at radius 3 is 2.36 bits per heavy atom. The summed E-state index contributed by atoms with van der Waals surface area (Å²) in [5, 5.41) is 5.57. The zero-order chi connectivity index (χ0) is 16.1. The molecule has 0 bridgehead atoms. The molecule has 2 amide bonds. The summed E-state index contributed by atoms with van der Waals surface area (Å²) in [5.41, 5.74) is 2.34. The van der Waals surface area contributed by atoms with Gasteiger partial charge in [0.2, 0.25) is 0 Å². The highest BCUT2D eigenvalue weighted by Crippen LogP contribution is 2.29. The van der Waals surface area contributed by atoms with Crippen LogP contribution in [0.25, 0.3) is 0 Å². The minimum atomic E-state index is -0.322. The molecule has 22 heavy (non-hydrogen) atoms. The predicted octanol–water partition coefficient (Wildman–Crippen LogP) is 4.42. The predicted molar refractivity (Wildman–Crippen MR) is 91.1 cm³/mol. The molecule has 0 spiro atoms. The number of aryl methyl sites for hydroxylation is 1. The molecule has 0 aromatic heterocycles. The summed E-state index contributed by atoms with van der Waals surface area (Å²) in [4.78, 5) is 12.1. The summed E-state index contributed by atoms with van der Waals surface area (Å²) in [7, 11) is 3.11. The minimum absolute atomic E-state index is 0.322. The van der Waals surface area contributed by atoms with Crippen molar-refractivity contribution < 1.29 is 14.3 Å². The maximum Gasteiger partial charge on any atom is 0.323 e. The lowest BCUT2D eigenvalue weighted by Crippen LogP contribution is -2.20. The number of ether oxygens (including phenoxy) is 2. The highest BCUT2D eigenvalue weighted by Gasteiger charge is 2.08. The molecule has 0 aliphatic rings. The van der Waals surface area contributed by atoms with E-state index in [0.29, 0.717) is 17.2 Å². The number of rotatable bonds is 4. The number of benzene rings is 2. The van der Waals surface area contributed by atoms with Crippen molar-refractivity contribution in [2.24, 2.45) is 0 Å². The zero-order valence-electron chi connectivity index (χ0n) is 12.6. The molecule has 116 valence electrons. The highest BCUT2D eigenvalue weighted by molar-refractivity contribution is 9.10. The molecule has 2 aromatic rings. The van der Waals surface area contributed by atoms with Crippen molar-refractivity contribution in [3.63, 3.8) is 0 Å². The number of urea groups is 1. The zero-order valence-corrected chi connectivity index (χ0v) is 14.2. The van der Waals surface area contributed by atoms with Gasteiger partial charge in [-0.05, 0) is 42.8 Å². The fraction of sp³-hybridized carbons (Fsp3) is 0.188. The van der Waals surface area contributed by atoms with E-state index in [-0.39, 0.29) is 6.03 Å². The van der Waals surface area contributed by atoms with Gasteiger partial charge in [0.05, 0.1) is 14.2 Å². The van der Waals surface area contributed by atoms with Crippen LogP contribution in [0.2, 0.25) is 0 Å². The lowest BCUT2D eigenvalue weighted by atomic mass is 10.2. The van der Waals surface area contributed by atoms with Gasteiger partial charge in [0, 0.05) is 21.9 Å². The molecule has 0 atom stereocenters. The number of anilines is 2. The van der Waals surface area contributed by atoms with Gasteiger partial charge in [0.15, 0.2) is 11.5 Å². The van der Waals surface area contributed by atoms with Gasteiger partial charge in [-0.15, -0.1) is 0 Å². The van der Waals surface area contributed by atoms with Crippen LogP contribution in [-0.4, -0.2) is 20.3 Å². The van der Waals surface area contributed by atoms with Crippen molar-refractivity contribution in [3.05, 3.63) is 46.4 Å². The van der Waals surface area contributed by atoms with Crippen molar-refractivity contribution in [2.45, 2.75) is 6.92 Å². The number of hydrogen-bond acceptors (Lipinski definition) is 3. The first-order valence-electron chi connectivity index (χ1n) is 6.59. The molecule has 0 fully saturated rings. The Hall–Kier alpha value is -2.21. The summed E-state index contributed by atoms with van der Waals surface area (Å²) in [6.45, 7) is 1.93. The third kappa shape index (κ3) is 3.92. The molecular weight excluding hydrogens is 348 g/mol. The maximum atomic E-state index is 12.1. The Balaban J connectivity index is 2.08. The van der Waals surface area contributed by atoms with E-state index >= 15 is 0 Å². The topological polar surface area (TPSA) is 59.6 Å². The van der Waals surface area contributed by atoms with Crippen LogP contribution in [-0.2, 0) is 0 Å². The first-order valence-corrected chi connectivity index (χ1v) is 7.39. The molecule has 2 aromatic carbocycles. The molecule has 0 unspecified atom stereocenters. The molecule has 0 saturated heterocycles. The van der Waals surface area contributed by atoms with Gasteiger partial charge in [-0.2, -0.15) is 0 Å². The molecule has 2 rings (SSSR count). The van der Waals surface area contributed by atoms with Crippen molar-refractivity contribution in [1.29, 1.82) is 0 Å². The van der Waals surface area contributed by atoms with Gasteiger partial charge in [0.1, 0.15) is 0 Å². The number of carbonyl (C=O) groups excluding carboxylic acids is 1. The number of halogens is 1. The van der Waals surface area contributed by atoms with E-state index in [1.807, 2.05) is 25.1 Å². The summed E-state index contributed by atoms with van der Waals surface area (Å²) in [5.74, 6) is 1.16. The average molecular weight is 365 g/mol. The standard InChI is InChI=1S/C16H17BrN2O3/c1-10-8-11(17)4-6-13(10)19-16(20)18-12-5-7-14(21-2)15(9-12)22-3/h4-9H,1-3H3,(H2,18,19,20). The Morgan fingerprint density at radius 1 is 1.00 bits per heavy atom. The lowest BCUT2D eigenvalue weighted by molar-refractivity contribution is 0.262. The van der Waals surface area contributed by atoms with Gasteiger partial charge in [-0.25, -0.2) is 4.79 Å². The Kier molecular flexibility index (Phi) is 5.27. The monoisotopic (exact) mass is 364 g/mol. The molecule has 0 aliphatic heterocycles. The Labute approximate surface area is 137 Å². The van der Waals surface area contributed by atoms with Gasteiger partial charge >= 0.3 is 6.03 Å². The van der Waals surface area contributed by atoms with Crippen LogP contribution in [0, 0.1) is 6.92 Å². The molecular formula is C16H17BrN2O3. The molecule has 6 heteroatoms. The van der Waals surface area contributed by atoms with Gasteiger partial charge in [-0.1, -0.05) is 15.9 Å². The SMILES string of the molecule is COc1ccc(NC(=O)Nc2ccc(Br)cc2C)cc1OC. The number of carbonyl (C=O) groups is 1. The van der Waals surface area contributed by atoms with E-state index in [2.05, 4.69) is 26.6 Å². The normalized spacial score (nSPS) is 10.0. The van der Waals surface area contributed by atoms with E-state index in [1.54, 1.807) is 32.4 Å². The quantitative estimate of drug-likeness (QED) is 0.843. The van der Waals surface area contributed by atoms with Crippen LogP contribution in [0.5, 0.6) is 11.5 Å². The highest BCUT2D eigenvalue weighted by atomic mass is 79.9. The van der Waals surface area contributed by atoms with Crippen LogP contribution in [0.3, 0.4) is 0 Å². The summed E-state index contributed by atoms with van der Waals surface area (Å²) < 4.78 is 11.3. The Morgan fingerprint density at radius 2 is 1.73 bits per heavy atom. The van der Waals surface area contributed by atoms with Gasteiger partial charge in [0.25, 0.3) is 0 Å². The summed E-state index contributed by atoms with van der Waals surface area (Å²) >= 11 is 3.39. The van der Waals surface area contributed by atoms with E-state index in [9.17, 15) is 4.79 Å². The van der Waals surface area contributed by atoms with Crippen LogP contribution >= 0.6 is 15.9 Å². The summed E-state index contributed by atoms with van der Waals surface area (Å²) in [6, 6.07) is 10.5. The number of methoxy groups -OCH3 is 2. The van der Waals surface area contributed by atoms with E-state index in [0.717, 1.165) is 15.7 Å². The largest absolute Gasteiger partial charge is 0.493 e. The second kappa shape index (κ2) is 7.17. The van der Waals surface area contributed by atoms with Gasteiger partial charge < -0.3 is 20.1 Å². The van der Waals surface area contributed by atoms with E-state index in [4.69, 9.17) is 9.47 Å². The second-order valence-electron chi connectivity index (χ2n) is 4.61. The molecule has 0 heterocycles. The summed E-state index contributed by atoms with van der Waals surface area (Å²) in [6.07, 6.45) is 0. The minimum Gasteiger partial charge on any atom is -0.493 e. The van der Waals surface area contributed by atoms with E-state index in [1.165, 1.54) is 0 Å².